The number of halogens is 4. The number of rotatable bonds is 3. The molecule has 2 amide bonds. The standard InChI is InChI=1S/C17H12BrF3N2O2/c18-11-2-4-15(14(21)6-11)22-16(24)10-7-23(8-10)17(25)9-1-3-12(19)13(20)5-9/h1-6,10H,7-8H2,(H,22,24). The number of hydrogen-bond acceptors (Lipinski definition) is 2. The van der Waals surface area contributed by atoms with Crippen molar-refractivity contribution in [3.05, 3.63) is 63.9 Å². The van der Waals surface area contributed by atoms with Crippen molar-refractivity contribution in [1.29, 1.82) is 0 Å². The Hall–Kier alpha value is -2.35. The van der Waals surface area contributed by atoms with Crippen LogP contribution in [0.25, 0.3) is 0 Å². The SMILES string of the molecule is O=C(Nc1ccc(Br)cc1F)C1CN(C(=O)c2ccc(F)c(F)c2)C1. The second-order valence-electron chi connectivity index (χ2n) is 5.65. The molecule has 0 aliphatic carbocycles. The summed E-state index contributed by atoms with van der Waals surface area (Å²) < 4.78 is 40.4. The van der Waals surface area contributed by atoms with Gasteiger partial charge in [-0.05, 0) is 36.4 Å². The maximum Gasteiger partial charge on any atom is 0.254 e. The van der Waals surface area contributed by atoms with Gasteiger partial charge < -0.3 is 10.2 Å². The first-order chi connectivity index (χ1) is 11.8. The summed E-state index contributed by atoms with van der Waals surface area (Å²) >= 11 is 3.12. The lowest BCUT2D eigenvalue weighted by atomic mass is 9.97. The molecule has 1 fully saturated rings. The summed E-state index contributed by atoms with van der Waals surface area (Å²) in [5.74, 6) is -4.09. The van der Waals surface area contributed by atoms with Crippen molar-refractivity contribution in [3.63, 3.8) is 0 Å². The lowest BCUT2D eigenvalue weighted by Crippen LogP contribution is -2.54. The molecule has 1 aliphatic heterocycles. The monoisotopic (exact) mass is 412 g/mol. The van der Waals surface area contributed by atoms with Crippen LogP contribution in [0.1, 0.15) is 10.4 Å². The molecule has 0 saturated carbocycles. The Labute approximate surface area is 149 Å². The molecule has 0 bridgehead atoms. The Morgan fingerprint density at radius 3 is 2.36 bits per heavy atom. The summed E-state index contributed by atoms with van der Waals surface area (Å²) in [5.41, 5.74) is 0.0651. The fraction of sp³-hybridized carbons (Fsp3) is 0.176. The van der Waals surface area contributed by atoms with Crippen LogP contribution in [0.2, 0.25) is 0 Å². The molecule has 25 heavy (non-hydrogen) atoms. The van der Waals surface area contributed by atoms with Gasteiger partial charge in [-0.2, -0.15) is 0 Å². The van der Waals surface area contributed by atoms with E-state index in [-0.39, 0.29) is 24.3 Å². The highest BCUT2D eigenvalue weighted by atomic mass is 79.9. The van der Waals surface area contributed by atoms with Crippen molar-refractivity contribution >= 4 is 33.4 Å². The van der Waals surface area contributed by atoms with E-state index in [1.54, 1.807) is 6.07 Å². The van der Waals surface area contributed by atoms with E-state index in [2.05, 4.69) is 21.2 Å². The fourth-order valence-electron chi connectivity index (χ4n) is 2.45. The number of anilines is 1. The minimum absolute atomic E-state index is 0.0108. The highest BCUT2D eigenvalue weighted by Gasteiger charge is 2.36. The van der Waals surface area contributed by atoms with Crippen LogP contribution in [0.5, 0.6) is 0 Å². The summed E-state index contributed by atoms with van der Waals surface area (Å²) in [6.07, 6.45) is 0. The number of nitrogens with one attached hydrogen (secondary N) is 1. The minimum atomic E-state index is -1.11. The van der Waals surface area contributed by atoms with Crippen molar-refractivity contribution in [2.75, 3.05) is 18.4 Å². The fourth-order valence-corrected chi connectivity index (χ4v) is 2.78. The summed E-state index contributed by atoms with van der Waals surface area (Å²) in [7, 11) is 0. The average Bonchev–Trinajstić information content (AvgIpc) is 2.51. The summed E-state index contributed by atoms with van der Waals surface area (Å²) in [6.45, 7) is 0.254. The third-order valence-corrected chi connectivity index (χ3v) is 4.39. The summed E-state index contributed by atoms with van der Waals surface area (Å²) in [4.78, 5) is 25.6. The van der Waals surface area contributed by atoms with Crippen LogP contribution in [-0.4, -0.2) is 29.8 Å². The number of carbonyl (C=O) groups excluding carboxylic acids is 2. The zero-order chi connectivity index (χ0) is 18.1. The maximum atomic E-state index is 13.7. The quantitative estimate of drug-likeness (QED) is 0.837. The lowest BCUT2D eigenvalue weighted by molar-refractivity contribution is -0.123. The number of benzene rings is 2. The zero-order valence-corrected chi connectivity index (χ0v) is 14.3. The van der Waals surface area contributed by atoms with Gasteiger partial charge in [0.1, 0.15) is 5.82 Å². The van der Waals surface area contributed by atoms with Gasteiger partial charge in [0.05, 0.1) is 11.6 Å². The smallest absolute Gasteiger partial charge is 0.254 e. The van der Waals surface area contributed by atoms with Gasteiger partial charge in [-0.25, -0.2) is 13.2 Å². The first-order valence-corrected chi connectivity index (χ1v) is 8.14. The van der Waals surface area contributed by atoms with Gasteiger partial charge in [0.2, 0.25) is 5.91 Å². The molecule has 4 nitrogen and oxygen atoms in total. The molecular weight excluding hydrogens is 401 g/mol. The second kappa shape index (κ2) is 6.87. The Kier molecular flexibility index (Phi) is 4.80. The molecule has 0 radical (unpaired) electrons. The molecular formula is C17H12BrF3N2O2. The van der Waals surface area contributed by atoms with Gasteiger partial charge in [0.15, 0.2) is 11.6 Å². The van der Waals surface area contributed by atoms with Gasteiger partial charge in [-0.3, -0.25) is 9.59 Å². The molecule has 130 valence electrons. The highest BCUT2D eigenvalue weighted by Crippen LogP contribution is 2.24. The summed E-state index contributed by atoms with van der Waals surface area (Å²) in [6, 6.07) is 7.14. The molecule has 0 aromatic heterocycles. The lowest BCUT2D eigenvalue weighted by Gasteiger charge is -2.38. The number of carbonyl (C=O) groups is 2. The topological polar surface area (TPSA) is 49.4 Å². The molecule has 0 atom stereocenters. The molecule has 0 spiro atoms. The molecule has 1 N–H and O–H groups in total. The number of amides is 2. The summed E-state index contributed by atoms with van der Waals surface area (Å²) in [5, 5.41) is 2.47. The molecule has 8 heteroatoms. The first kappa shape index (κ1) is 17.5. The molecule has 2 aromatic carbocycles. The minimum Gasteiger partial charge on any atom is -0.337 e. The van der Waals surface area contributed by atoms with Gasteiger partial charge in [0, 0.05) is 23.1 Å². The number of nitrogens with zero attached hydrogens (tertiary/aromatic N) is 1. The van der Waals surface area contributed by atoms with Crippen molar-refractivity contribution < 1.29 is 22.8 Å². The molecule has 3 rings (SSSR count). The number of hydrogen-bond donors (Lipinski definition) is 1. The molecule has 1 aliphatic rings. The predicted molar refractivity (Wildman–Crippen MR) is 88.5 cm³/mol. The van der Waals surface area contributed by atoms with E-state index >= 15 is 0 Å². The van der Waals surface area contributed by atoms with Crippen LogP contribution in [0, 0.1) is 23.4 Å². The van der Waals surface area contributed by atoms with E-state index in [4.69, 9.17) is 0 Å². The van der Waals surface area contributed by atoms with Crippen LogP contribution in [0.4, 0.5) is 18.9 Å². The largest absolute Gasteiger partial charge is 0.337 e. The van der Waals surface area contributed by atoms with E-state index in [1.807, 2.05) is 0 Å². The zero-order valence-electron chi connectivity index (χ0n) is 12.7. The van der Waals surface area contributed by atoms with Gasteiger partial charge >= 0.3 is 0 Å². The van der Waals surface area contributed by atoms with Gasteiger partial charge in [0.25, 0.3) is 5.91 Å². The van der Waals surface area contributed by atoms with Crippen molar-refractivity contribution in [2.45, 2.75) is 0 Å². The van der Waals surface area contributed by atoms with E-state index in [0.29, 0.717) is 4.47 Å². The van der Waals surface area contributed by atoms with Crippen LogP contribution >= 0.6 is 15.9 Å². The molecule has 2 aromatic rings. The third-order valence-electron chi connectivity index (χ3n) is 3.90. The van der Waals surface area contributed by atoms with E-state index in [9.17, 15) is 22.8 Å². The average molecular weight is 413 g/mol. The normalized spacial score (nSPS) is 14.2. The van der Waals surface area contributed by atoms with Crippen molar-refractivity contribution in [3.8, 4) is 0 Å². The Morgan fingerprint density at radius 2 is 1.72 bits per heavy atom. The number of likely N-dealkylation sites (tertiary alicyclic amines) is 1. The second-order valence-corrected chi connectivity index (χ2v) is 6.57. The van der Waals surface area contributed by atoms with E-state index in [0.717, 1.165) is 12.1 Å². The van der Waals surface area contributed by atoms with Gasteiger partial charge in [-0.15, -0.1) is 0 Å². The van der Waals surface area contributed by atoms with Gasteiger partial charge in [-0.1, -0.05) is 15.9 Å². The van der Waals surface area contributed by atoms with E-state index in [1.165, 1.54) is 23.1 Å². The predicted octanol–water partition coefficient (Wildman–Crippen LogP) is 3.58. The first-order valence-electron chi connectivity index (χ1n) is 7.35. The molecule has 0 unspecified atom stereocenters. The van der Waals surface area contributed by atoms with Crippen LogP contribution in [0.15, 0.2) is 40.9 Å². The van der Waals surface area contributed by atoms with Crippen molar-refractivity contribution in [1.82, 2.24) is 4.90 Å². The van der Waals surface area contributed by atoms with E-state index < -0.39 is 35.2 Å². The van der Waals surface area contributed by atoms with Crippen LogP contribution in [0.3, 0.4) is 0 Å². The molecule has 1 heterocycles. The highest BCUT2D eigenvalue weighted by molar-refractivity contribution is 9.10. The Morgan fingerprint density at radius 1 is 1.00 bits per heavy atom. The maximum absolute atomic E-state index is 13.7. The van der Waals surface area contributed by atoms with Crippen LogP contribution < -0.4 is 5.32 Å². The van der Waals surface area contributed by atoms with Crippen LogP contribution in [-0.2, 0) is 4.79 Å². The third kappa shape index (κ3) is 3.68. The van der Waals surface area contributed by atoms with Crippen molar-refractivity contribution in [2.24, 2.45) is 5.92 Å². The Bertz CT molecular complexity index is 854. The Balaban J connectivity index is 1.58. The molecule has 1 saturated heterocycles.